The lowest BCUT2D eigenvalue weighted by molar-refractivity contribution is -0.536. The van der Waals surface area contributed by atoms with Gasteiger partial charge in [0.1, 0.15) is 0 Å². The zero-order valence-corrected chi connectivity index (χ0v) is 12.1. The molecule has 2 aliphatic rings. The van der Waals surface area contributed by atoms with Gasteiger partial charge < -0.3 is 17.0 Å². The number of thioether (sulfide) groups is 1. The molecule has 0 aliphatic carbocycles. The molecular weight excluding hydrogens is 314 g/mol. The minimum Gasteiger partial charge on any atom is -1.00 e. The number of nitrogens with two attached hydrogens (primary N) is 1. The molecule has 90 valence electrons. The van der Waals surface area contributed by atoms with Crippen LogP contribution in [-0.4, -0.2) is 30.4 Å². The molecular formula is C8H12BrN3O2S2. The van der Waals surface area contributed by atoms with Crippen LogP contribution >= 0.6 is 11.8 Å². The third kappa shape index (κ3) is 3.16. The van der Waals surface area contributed by atoms with Crippen molar-refractivity contribution in [2.45, 2.75) is 19.1 Å². The summed E-state index contributed by atoms with van der Waals surface area (Å²) in [4.78, 5) is 4.19. The van der Waals surface area contributed by atoms with Gasteiger partial charge in [-0.1, -0.05) is 5.10 Å². The van der Waals surface area contributed by atoms with Crippen molar-refractivity contribution in [2.24, 2.45) is 10.1 Å². The summed E-state index contributed by atoms with van der Waals surface area (Å²) in [6, 6.07) is 0. The highest BCUT2D eigenvalue weighted by Gasteiger charge is 2.31. The lowest BCUT2D eigenvalue weighted by Crippen LogP contribution is -3.00. The summed E-state index contributed by atoms with van der Waals surface area (Å²) in [6.45, 7) is 3.66. The summed E-state index contributed by atoms with van der Waals surface area (Å²) in [5, 5.41) is 6.16. The van der Waals surface area contributed by atoms with Gasteiger partial charge in [-0.3, -0.25) is 0 Å². The lowest BCUT2D eigenvalue weighted by atomic mass is 10.3. The highest BCUT2D eigenvalue weighted by atomic mass is 79.9. The van der Waals surface area contributed by atoms with Gasteiger partial charge in [-0.15, -0.1) is 0 Å². The van der Waals surface area contributed by atoms with E-state index in [0.29, 0.717) is 0 Å². The molecule has 0 saturated carbocycles. The molecule has 2 aliphatic heterocycles. The van der Waals surface area contributed by atoms with Crippen LogP contribution in [0.25, 0.3) is 0 Å². The van der Waals surface area contributed by atoms with Crippen LogP contribution in [0.2, 0.25) is 0 Å². The van der Waals surface area contributed by atoms with Crippen molar-refractivity contribution in [3.05, 3.63) is 11.0 Å². The molecule has 0 fully saturated rings. The van der Waals surface area contributed by atoms with E-state index < -0.39 is 9.84 Å². The standard InChI is InChI=1S/C8H11N3O2S2.BrH/c1-5-3-15(12,13)4-7(5)14-8-9-6(2)10-11-8;/h3,7H,4H2,1-2H3,(H,9,10,11);1H. The highest BCUT2D eigenvalue weighted by molar-refractivity contribution is 8.14. The van der Waals surface area contributed by atoms with Gasteiger partial charge in [0.15, 0.2) is 15.7 Å². The molecule has 2 heterocycles. The van der Waals surface area contributed by atoms with E-state index in [-0.39, 0.29) is 28.0 Å². The first-order chi connectivity index (χ1) is 6.96. The smallest absolute Gasteiger partial charge is 0.289 e. The third-order valence-electron chi connectivity index (χ3n) is 2.15. The summed E-state index contributed by atoms with van der Waals surface area (Å²) < 4.78 is 22.6. The van der Waals surface area contributed by atoms with E-state index in [9.17, 15) is 8.42 Å². The molecule has 0 radical (unpaired) electrons. The van der Waals surface area contributed by atoms with E-state index in [1.165, 1.54) is 17.2 Å². The van der Waals surface area contributed by atoms with Gasteiger partial charge in [0.25, 0.3) is 5.17 Å². The molecule has 0 aromatic rings. The Morgan fingerprint density at radius 3 is 2.62 bits per heavy atom. The molecule has 1 unspecified atom stereocenters. The molecule has 0 aromatic heterocycles. The van der Waals surface area contributed by atoms with E-state index in [1.807, 2.05) is 13.8 Å². The lowest BCUT2D eigenvalue weighted by Gasteiger charge is -2.05. The summed E-state index contributed by atoms with van der Waals surface area (Å²) in [6.07, 6.45) is 0. The number of rotatable bonds is 1. The van der Waals surface area contributed by atoms with Crippen LogP contribution in [0.3, 0.4) is 0 Å². The molecule has 0 amide bonds. The fourth-order valence-corrected chi connectivity index (χ4v) is 4.73. The molecule has 0 saturated heterocycles. The number of nitrogens with zero attached hydrogens (tertiary/aromatic N) is 2. The summed E-state index contributed by atoms with van der Waals surface area (Å²) in [5.74, 6) is 0.898. The van der Waals surface area contributed by atoms with E-state index in [2.05, 4.69) is 10.1 Å². The molecule has 8 heteroatoms. The molecule has 5 nitrogen and oxygen atoms in total. The average molecular weight is 326 g/mol. The van der Waals surface area contributed by atoms with Gasteiger partial charge in [-0.25, -0.2) is 8.42 Å². The second-order valence-corrected chi connectivity index (χ2v) is 6.67. The minimum atomic E-state index is -2.99. The number of hydrogen-bond donors (Lipinski definition) is 1. The molecule has 1 atom stereocenters. The Bertz CT molecular complexity index is 482. The normalized spacial score (nSPS) is 26.9. The zero-order valence-electron chi connectivity index (χ0n) is 8.84. The maximum Gasteiger partial charge on any atom is 0.289 e. The average Bonchev–Trinajstić information content (AvgIpc) is 2.58. The second kappa shape index (κ2) is 4.99. The Labute approximate surface area is 109 Å². The molecule has 2 rings (SSSR count). The van der Waals surface area contributed by atoms with Crippen molar-refractivity contribution in [1.82, 2.24) is 0 Å². The van der Waals surface area contributed by atoms with Crippen LogP contribution in [0, 0.1) is 0 Å². The maximum atomic E-state index is 11.3. The van der Waals surface area contributed by atoms with Gasteiger partial charge in [0.05, 0.1) is 11.0 Å². The molecule has 16 heavy (non-hydrogen) atoms. The SMILES string of the molecule is CC1=CS(=O)(=O)CC1SC1=NC(C)=N[NH2+]1.[Br-]. The first-order valence-corrected chi connectivity index (χ1v) is 7.10. The number of amidine groups is 2. The minimum absolute atomic E-state index is 0. The molecule has 2 N–H and O–H groups in total. The third-order valence-corrected chi connectivity index (χ3v) is 5.15. The van der Waals surface area contributed by atoms with E-state index in [1.54, 1.807) is 5.43 Å². The van der Waals surface area contributed by atoms with Gasteiger partial charge in [-0.05, 0) is 24.3 Å². The Kier molecular flexibility index (Phi) is 4.33. The van der Waals surface area contributed by atoms with Crippen molar-refractivity contribution in [3.8, 4) is 0 Å². The number of hydrogen-bond acceptors (Lipinski definition) is 5. The molecule has 0 aromatic carbocycles. The summed E-state index contributed by atoms with van der Waals surface area (Å²) >= 11 is 1.46. The van der Waals surface area contributed by atoms with E-state index >= 15 is 0 Å². The van der Waals surface area contributed by atoms with Crippen molar-refractivity contribution in [1.29, 1.82) is 0 Å². The van der Waals surface area contributed by atoms with Crippen LogP contribution in [0.1, 0.15) is 13.8 Å². The van der Waals surface area contributed by atoms with Gasteiger partial charge in [0.2, 0.25) is 0 Å². The Balaban J connectivity index is 0.00000128. The first kappa shape index (κ1) is 13.9. The largest absolute Gasteiger partial charge is 1.00 e. The van der Waals surface area contributed by atoms with Crippen LogP contribution in [0.5, 0.6) is 0 Å². The van der Waals surface area contributed by atoms with Crippen molar-refractivity contribution in [3.63, 3.8) is 0 Å². The second-order valence-electron chi connectivity index (χ2n) is 3.55. The van der Waals surface area contributed by atoms with Crippen molar-refractivity contribution in [2.75, 3.05) is 5.75 Å². The van der Waals surface area contributed by atoms with Crippen LogP contribution in [0.15, 0.2) is 21.1 Å². The van der Waals surface area contributed by atoms with Crippen molar-refractivity contribution >= 4 is 32.6 Å². The quantitative estimate of drug-likeness (QED) is 0.513. The number of halogens is 1. The van der Waals surface area contributed by atoms with Gasteiger partial charge in [-0.2, -0.15) is 10.4 Å². The van der Waals surface area contributed by atoms with E-state index in [4.69, 9.17) is 0 Å². The van der Waals surface area contributed by atoms with Crippen LogP contribution in [0.4, 0.5) is 0 Å². The topological polar surface area (TPSA) is 75.5 Å². The van der Waals surface area contributed by atoms with Crippen LogP contribution < -0.4 is 22.4 Å². The summed E-state index contributed by atoms with van der Waals surface area (Å²) in [7, 11) is -2.99. The zero-order chi connectivity index (χ0) is 11.1. The van der Waals surface area contributed by atoms with Crippen LogP contribution in [-0.2, 0) is 9.84 Å². The number of quaternary nitrogens is 1. The predicted molar refractivity (Wildman–Crippen MR) is 61.4 cm³/mol. The monoisotopic (exact) mass is 325 g/mol. The maximum absolute atomic E-state index is 11.3. The highest BCUT2D eigenvalue weighted by Crippen LogP contribution is 2.28. The number of sulfone groups is 1. The first-order valence-electron chi connectivity index (χ1n) is 4.50. The van der Waals surface area contributed by atoms with Crippen molar-refractivity contribution < 1.29 is 30.8 Å². The Morgan fingerprint density at radius 2 is 2.19 bits per heavy atom. The summed E-state index contributed by atoms with van der Waals surface area (Å²) in [5.41, 5.74) is 2.57. The molecule has 0 bridgehead atoms. The Morgan fingerprint density at radius 1 is 1.50 bits per heavy atom. The predicted octanol–water partition coefficient (Wildman–Crippen LogP) is -3.31. The fourth-order valence-electron chi connectivity index (χ4n) is 1.45. The Hall–Kier alpha value is -0.180. The molecule has 0 spiro atoms. The van der Waals surface area contributed by atoms with Gasteiger partial charge in [0, 0.05) is 12.3 Å². The number of aliphatic imine (C=N–C) groups is 1. The van der Waals surface area contributed by atoms with E-state index in [0.717, 1.165) is 16.6 Å². The fraction of sp³-hybridized carbons (Fsp3) is 0.500. The van der Waals surface area contributed by atoms with Gasteiger partial charge >= 0.3 is 0 Å².